The Balaban J connectivity index is 1.07. The molecule has 3 heteroatoms. The van der Waals surface area contributed by atoms with E-state index in [0.29, 0.717) is 0 Å². The molecule has 258 valence electrons. The second kappa shape index (κ2) is 12.9. The zero-order valence-electron chi connectivity index (χ0n) is 29.8. The minimum atomic E-state index is 0.903. The van der Waals surface area contributed by atoms with Gasteiger partial charge in [0.1, 0.15) is 11.2 Å². The fourth-order valence-electron chi connectivity index (χ4n) is 8.33. The van der Waals surface area contributed by atoms with Crippen LogP contribution in [0.1, 0.15) is 0 Å². The Kier molecular flexibility index (Phi) is 7.39. The van der Waals surface area contributed by atoms with Crippen molar-refractivity contribution in [3.8, 4) is 33.4 Å². The van der Waals surface area contributed by atoms with Crippen LogP contribution in [0.25, 0.3) is 86.3 Å². The van der Waals surface area contributed by atoms with Crippen molar-refractivity contribution in [1.82, 2.24) is 0 Å². The summed E-state index contributed by atoms with van der Waals surface area (Å²) in [5, 5.41) is 7.38. The molecule has 0 atom stereocenters. The van der Waals surface area contributed by atoms with E-state index < -0.39 is 0 Å². The third-order valence-corrected chi connectivity index (χ3v) is 12.1. The predicted molar refractivity (Wildman–Crippen MR) is 235 cm³/mol. The number of rotatable bonds is 6. The van der Waals surface area contributed by atoms with Gasteiger partial charge in [0.25, 0.3) is 0 Å². The molecule has 2 aromatic heterocycles. The van der Waals surface area contributed by atoms with E-state index >= 15 is 0 Å². The Morgan fingerprint density at radius 3 is 1.78 bits per heavy atom. The zero-order valence-corrected chi connectivity index (χ0v) is 30.6. The molecule has 2 heterocycles. The van der Waals surface area contributed by atoms with Gasteiger partial charge in [-0.2, -0.15) is 0 Å². The number of hydrogen-bond donors (Lipinski definition) is 0. The van der Waals surface area contributed by atoms with Crippen molar-refractivity contribution in [3.63, 3.8) is 0 Å². The highest BCUT2D eigenvalue weighted by molar-refractivity contribution is 7.26. The van der Waals surface area contributed by atoms with Crippen LogP contribution in [0.2, 0.25) is 0 Å². The predicted octanol–water partition coefficient (Wildman–Crippen LogP) is 15.6. The summed E-state index contributed by atoms with van der Waals surface area (Å²) in [4.78, 5) is 2.39. The van der Waals surface area contributed by atoms with Crippen LogP contribution in [-0.2, 0) is 0 Å². The van der Waals surface area contributed by atoms with Crippen molar-refractivity contribution in [2.24, 2.45) is 0 Å². The van der Waals surface area contributed by atoms with E-state index in [1.165, 1.54) is 53.2 Å². The minimum absolute atomic E-state index is 0.903. The lowest BCUT2D eigenvalue weighted by Crippen LogP contribution is -2.10. The monoisotopic (exact) mass is 719 g/mol. The van der Waals surface area contributed by atoms with E-state index in [1.807, 2.05) is 23.5 Å². The van der Waals surface area contributed by atoms with E-state index in [1.54, 1.807) is 0 Å². The van der Waals surface area contributed by atoms with Crippen molar-refractivity contribution in [3.05, 3.63) is 200 Å². The molecule has 0 amide bonds. The maximum Gasteiger partial charge on any atom is 0.136 e. The number of anilines is 3. The van der Waals surface area contributed by atoms with Gasteiger partial charge >= 0.3 is 0 Å². The van der Waals surface area contributed by atoms with Crippen LogP contribution in [0.5, 0.6) is 0 Å². The molecule has 0 saturated carbocycles. The van der Waals surface area contributed by atoms with Gasteiger partial charge in [-0.05, 0) is 98.8 Å². The maximum atomic E-state index is 6.25. The lowest BCUT2D eigenvalue weighted by Gasteiger charge is -2.27. The first-order valence-electron chi connectivity index (χ1n) is 18.7. The highest BCUT2D eigenvalue weighted by atomic mass is 32.1. The minimum Gasteiger partial charge on any atom is -0.456 e. The number of para-hydroxylation sites is 1. The van der Waals surface area contributed by atoms with Gasteiger partial charge in [0.2, 0.25) is 0 Å². The first kappa shape index (κ1) is 31.6. The molecule has 9 aromatic carbocycles. The van der Waals surface area contributed by atoms with Gasteiger partial charge in [0, 0.05) is 48.0 Å². The Morgan fingerprint density at radius 1 is 0.364 bits per heavy atom. The van der Waals surface area contributed by atoms with E-state index in [4.69, 9.17) is 4.42 Å². The van der Waals surface area contributed by atoms with Crippen LogP contribution in [-0.4, -0.2) is 0 Å². The summed E-state index contributed by atoms with van der Waals surface area (Å²) in [5.41, 5.74) is 12.2. The smallest absolute Gasteiger partial charge is 0.136 e. The van der Waals surface area contributed by atoms with Crippen LogP contribution in [0.3, 0.4) is 0 Å². The Hall–Kier alpha value is -6.94. The highest BCUT2D eigenvalue weighted by Gasteiger charge is 2.18. The lowest BCUT2D eigenvalue weighted by molar-refractivity contribution is 0.669. The van der Waals surface area contributed by atoms with E-state index in [2.05, 4.69) is 193 Å². The summed E-state index contributed by atoms with van der Waals surface area (Å²) in [6.45, 7) is 0. The van der Waals surface area contributed by atoms with Crippen molar-refractivity contribution in [2.75, 3.05) is 4.90 Å². The average Bonchev–Trinajstić information content (AvgIpc) is 3.83. The number of benzene rings is 9. The normalized spacial score (nSPS) is 11.6. The summed E-state index contributed by atoms with van der Waals surface area (Å²) in [5.74, 6) is 0. The number of thiophene rings is 1. The topological polar surface area (TPSA) is 16.4 Å². The summed E-state index contributed by atoms with van der Waals surface area (Å²) >= 11 is 1.87. The summed E-state index contributed by atoms with van der Waals surface area (Å²) in [6, 6.07) is 72.2. The molecule has 0 aliphatic carbocycles. The molecule has 55 heavy (non-hydrogen) atoms. The van der Waals surface area contributed by atoms with Crippen molar-refractivity contribution in [2.45, 2.75) is 0 Å². The first-order chi connectivity index (χ1) is 27.3. The number of nitrogens with zero attached hydrogens (tertiary/aromatic N) is 1. The molecule has 0 fully saturated rings. The quantitative estimate of drug-likeness (QED) is 0.170. The molecule has 0 radical (unpaired) electrons. The van der Waals surface area contributed by atoms with Crippen LogP contribution >= 0.6 is 11.3 Å². The molecule has 0 bridgehead atoms. The molecule has 11 rings (SSSR count). The van der Waals surface area contributed by atoms with Gasteiger partial charge < -0.3 is 9.32 Å². The Morgan fingerprint density at radius 2 is 0.945 bits per heavy atom. The van der Waals surface area contributed by atoms with Gasteiger partial charge in [0.15, 0.2) is 0 Å². The van der Waals surface area contributed by atoms with Gasteiger partial charge in [-0.15, -0.1) is 11.3 Å². The third-order valence-electron chi connectivity index (χ3n) is 10.9. The van der Waals surface area contributed by atoms with Gasteiger partial charge in [-0.3, -0.25) is 0 Å². The number of fused-ring (bicyclic) bond motifs is 7. The van der Waals surface area contributed by atoms with E-state index in [0.717, 1.165) is 50.1 Å². The number of furan rings is 1. The van der Waals surface area contributed by atoms with Gasteiger partial charge in [0.05, 0.1) is 0 Å². The fraction of sp³-hybridized carbons (Fsp3) is 0. The van der Waals surface area contributed by atoms with Crippen molar-refractivity contribution >= 4 is 81.3 Å². The standard InChI is InChI=1S/C52H33NOS/c1-2-18-41-34(12-1)13-9-21-42(41)36-14-7-16-39(32-36)53(38-30-28-35(29-31-38)43-22-11-26-49-51(43)47-20-3-5-25-48(47)54-49)40-17-8-15-37(33-40)44-23-10-24-46-45-19-4-6-27-50(45)55-52(44)46/h1-33H. The van der Waals surface area contributed by atoms with Gasteiger partial charge in [-0.1, -0.05) is 146 Å². The van der Waals surface area contributed by atoms with Crippen LogP contribution in [0.4, 0.5) is 17.1 Å². The van der Waals surface area contributed by atoms with E-state index in [-0.39, 0.29) is 0 Å². The maximum absolute atomic E-state index is 6.25. The van der Waals surface area contributed by atoms with E-state index in [9.17, 15) is 0 Å². The van der Waals surface area contributed by atoms with Gasteiger partial charge in [-0.25, -0.2) is 0 Å². The molecule has 0 aliphatic rings. The zero-order chi connectivity index (χ0) is 36.3. The van der Waals surface area contributed by atoms with Crippen molar-refractivity contribution < 1.29 is 4.42 Å². The summed E-state index contributed by atoms with van der Waals surface area (Å²) in [6.07, 6.45) is 0. The molecular weight excluding hydrogens is 687 g/mol. The molecule has 0 aliphatic heterocycles. The Labute approximate surface area is 322 Å². The summed E-state index contributed by atoms with van der Waals surface area (Å²) < 4.78 is 8.88. The Bertz CT molecular complexity index is 3220. The number of hydrogen-bond acceptors (Lipinski definition) is 3. The van der Waals surface area contributed by atoms with Crippen LogP contribution in [0.15, 0.2) is 205 Å². The first-order valence-corrected chi connectivity index (χ1v) is 19.5. The molecule has 0 spiro atoms. The SMILES string of the molecule is c1cc(-c2cccc3ccccc23)cc(N(c2ccc(-c3cccc4oc5ccccc5c34)cc2)c2cccc(-c3cccc4c3sc3ccccc34)c2)c1. The molecule has 0 N–H and O–H groups in total. The highest BCUT2D eigenvalue weighted by Crippen LogP contribution is 2.44. The van der Waals surface area contributed by atoms with Crippen molar-refractivity contribution in [1.29, 1.82) is 0 Å². The lowest BCUT2D eigenvalue weighted by atomic mass is 9.97. The second-order valence-electron chi connectivity index (χ2n) is 14.1. The van der Waals surface area contributed by atoms with Crippen LogP contribution in [0, 0.1) is 0 Å². The summed E-state index contributed by atoms with van der Waals surface area (Å²) in [7, 11) is 0. The fourth-order valence-corrected chi connectivity index (χ4v) is 9.57. The third kappa shape index (κ3) is 5.32. The molecule has 0 saturated heterocycles. The molecule has 2 nitrogen and oxygen atoms in total. The average molecular weight is 720 g/mol. The van der Waals surface area contributed by atoms with Crippen LogP contribution < -0.4 is 4.90 Å². The molecular formula is C52H33NOS. The molecule has 11 aromatic rings. The second-order valence-corrected chi connectivity index (χ2v) is 15.1. The molecule has 0 unspecified atom stereocenters. The largest absolute Gasteiger partial charge is 0.456 e.